The number of alkyl halides is 1. The highest BCUT2D eigenvalue weighted by Crippen LogP contribution is 2.24. The molecule has 1 atom stereocenters. The molecule has 2 rings (SSSR count). The lowest BCUT2D eigenvalue weighted by Crippen LogP contribution is -2.09. The van der Waals surface area contributed by atoms with Crippen LogP contribution in [-0.4, -0.2) is 16.3 Å². The van der Waals surface area contributed by atoms with Gasteiger partial charge in [-0.2, -0.15) is 0 Å². The minimum Gasteiger partial charge on any atom is -0.491 e. The first-order valence-corrected chi connectivity index (χ1v) is 6.41. The molecule has 0 aliphatic heterocycles. The second-order valence-electron chi connectivity index (χ2n) is 4.00. The fraction of sp³-hybridized carbons (Fsp3) is 0.385. The van der Waals surface area contributed by atoms with Crippen LogP contribution in [0.2, 0.25) is 0 Å². The molecule has 0 amide bonds. The predicted molar refractivity (Wildman–Crippen MR) is 69.7 cm³/mol. The van der Waals surface area contributed by atoms with Crippen molar-refractivity contribution in [3.8, 4) is 17.2 Å². The van der Waals surface area contributed by atoms with Gasteiger partial charge in [-0.05, 0) is 31.5 Å². The summed E-state index contributed by atoms with van der Waals surface area (Å²) in [7, 11) is 0. The number of hydrogen-bond acceptors (Lipinski definition) is 4. The molecule has 0 N–H and O–H groups in total. The lowest BCUT2D eigenvalue weighted by atomic mass is 10.2. The molecule has 1 aromatic carbocycles. The van der Waals surface area contributed by atoms with Crippen molar-refractivity contribution in [1.82, 2.24) is 10.2 Å². The fourth-order valence-electron chi connectivity index (χ4n) is 1.44. The average molecular weight is 267 g/mol. The monoisotopic (exact) mass is 266 g/mol. The van der Waals surface area contributed by atoms with E-state index in [4.69, 9.17) is 20.8 Å². The average Bonchev–Trinajstić information content (AvgIpc) is 2.87. The highest BCUT2D eigenvalue weighted by Gasteiger charge is 2.09. The summed E-state index contributed by atoms with van der Waals surface area (Å²) in [5.74, 6) is 1.89. The summed E-state index contributed by atoms with van der Waals surface area (Å²) in [6.45, 7) is 4.12. The highest BCUT2D eigenvalue weighted by molar-refractivity contribution is 6.16. The van der Waals surface area contributed by atoms with Crippen molar-refractivity contribution in [2.75, 3.05) is 0 Å². The second kappa shape index (κ2) is 5.87. The lowest BCUT2D eigenvalue weighted by molar-refractivity contribution is 0.217. The third-order valence-corrected chi connectivity index (χ3v) is 2.80. The maximum absolute atomic E-state index is 5.74. The van der Waals surface area contributed by atoms with Crippen LogP contribution in [0.25, 0.3) is 11.5 Å². The topological polar surface area (TPSA) is 48.2 Å². The van der Waals surface area contributed by atoms with E-state index in [1.165, 1.54) is 0 Å². The Morgan fingerprint density at radius 1 is 1.39 bits per heavy atom. The molecule has 0 aliphatic carbocycles. The normalized spacial score (nSPS) is 12.4. The van der Waals surface area contributed by atoms with E-state index in [1.54, 1.807) is 0 Å². The van der Waals surface area contributed by atoms with E-state index in [1.807, 2.05) is 31.2 Å². The number of benzene rings is 1. The summed E-state index contributed by atoms with van der Waals surface area (Å²) < 4.78 is 11.1. The zero-order valence-electron chi connectivity index (χ0n) is 10.4. The van der Waals surface area contributed by atoms with Crippen LogP contribution in [0.5, 0.6) is 5.75 Å². The first-order chi connectivity index (χ1) is 8.72. The molecule has 18 heavy (non-hydrogen) atoms. The van der Waals surface area contributed by atoms with E-state index < -0.39 is 0 Å². The smallest absolute Gasteiger partial charge is 0.247 e. The van der Waals surface area contributed by atoms with Crippen molar-refractivity contribution in [2.45, 2.75) is 32.3 Å². The fourth-order valence-corrected chi connectivity index (χ4v) is 1.55. The van der Waals surface area contributed by atoms with Crippen molar-refractivity contribution < 1.29 is 9.15 Å². The number of ether oxygens (including phenoxy) is 1. The third-order valence-electron chi connectivity index (χ3n) is 2.57. The molecule has 1 aromatic heterocycles. The molecular formula is C13H15ClN2O2. The first-order valence-electron chi connectivity index (χ1n) is 5.88. The molecule has 0 fully saturated rings. The van der Waals surface area contributed by atoms with Crippen LogP contribution in [0.3, 0.4) is 0 Å². The molecule has 0 saturated carbocycles. The summed E-state index contributed by atoms with van der Waals surface area (Å²) in [6, 6.07) is 7.60. The van der Waals surface area contributed by atoms with Crippen molar-refractivity contribution in [3.63, 3.8) is 0 Å². The van der Waals surface area contributed by atoms with Crippen molar-refractivity contribution in [2.24, 2.45) is 0 Å². The van der Waals surface area contributed by atoms with E-state index >= 15 is 0 Å². The van der Waals surface area contributed by atoms with Crippen LogP contribution < -0.4 is 4.74 Å². The van der Waals surface area contributed by atoms with Gasteiger partial charge in [0, 0.05) is 5.56 Å². The second-order valence-corrected chi connectivity index (χ2v) is 4.27. The minimum atomic E-state index is 0.182. The van der Waals surface area contributed by atoms with Gasteiger partial charge in [0.2, 0.25) is 11.8 Å². The van der Waals surface area contributed by atoms with Gasteiger partial charge < -0.3 is 9.15 Å². The summed E-state index contributed by atoms with van der Waals surface area (Å²) in [5, 5.41) is 7.77. The molecule has 1 heterocycles. The quantitative estimate of drug-likeness (QED) is 0.775. The van der Waals surface area contributed by atoms with Crippen LogP contribution in [-0.2, 0) is 5.88 Å². The Hall–Kier alpha value is -1.55. The molecule has 0 radical (unpaired) electrons. The van der Waals surface area contributed by atoms with Gasteiger partial charge in [0.15, 0.2) is 0 Å². The maximum Gasteiger partial charge on any atom is 0.247 e. The Morgan fingerprint density at radius 3 is 2.89 bits per heavy atom. The first kappa shape index (κ1) is 12.9. The maximum atomic E-state index is 5.74. The summed E-state index contributed by atoms with van der Waals surface area (Å²) >= 11 is 5.63. The van der Waals surface area contributed by atoms with Gasteiger partial charge >= 0.3 is 0 Å². The van der Waals surface area contributed by atoms with E-state index in [0.29, 0.717) is 11.8 Å². The van der Waals surface area contributed by atoms with Gasteiger partial charge in [0.1, 0.15) is 11.6 Å². The Labute approximate surface area is 111 Å². The molecule has 0 bridgehead atoms. The van der Waals surface area contributed by atoms with Gasteiger partial charge in [0.25, 0.3) is 0 Å². The van der Waals surface area contributed by atoms with Gasteiger partial charge in [-0.1, -0.05) is 13.0 Å². The summed E-state index contributed by atoms with van der Waals surface area (Å²) in [5.41, 5.74) is 0.833. The largest absolute Gasteiger partial charge is 0.491 e. The minimum absolute atomic E-state index is 0.182. The summed E-state index contributed by atoms with van der Waals surface area (Å²) in [4.78, 5) is 0. The molecular weight excluding hydrogens is 252 g/mol. The Kier molecular flexibility index (Phi) is 4.20. The van der Waals surface area contributed by atoms with Gasteiger partial charge in [0.05, 0.1) is 6.10 Å². The van der Waals surface area contributed by atoms with Crippen LogP contribution in [0.15, 0.2) is 28.7 Å². The van der Waals surface area contributed by atoms with Gasteiger partial charge in [-0.3, -0.25) is 0 Å². The highest BCUT2D eigenvalue weighted by atomic mass is 35.5. The number of halogens is 1. The summed E-state index contributed by atoms with van der Waals surface area (Å²) in [6.07, 6.45) is 1.14. The molecule has 5 heteroatoms. The van der Waals surface area contributed by atoms with Crippen LogP contribution in [0, 0.1) is 0 Å². The van der Waals surface area contributed by atoms with E-state index in [2.05, 4.69) is 17.1 Å². The van der Waals surface area contributed by atoms with Crippen LogP contribution in [0.4, 0.5) is 0 Å². The molecule has 2 aromatic rings. The zero-order chi connectivity index (χ0) is 13.0. The number of rotatable bonds is 5. The molecule has 4 nitrogen and oxygen atoms in total. The predicted octanol–water partition coefficient (Wildman–Crippen LogP) is 3.65. The van der Waals surface area contributed by atoms with E-state index in [-0.39, 0.29) is 12.0 Å². The molecule has 0 spiro atoms. The SMILES string of the molecule is CCC(C)Oc1cccc(-c2nnc(CCl)o2)c1. The van der Waals surface area contributed by atoms with Crippen molar-refractivity contribution in [1.29, 1.82) is 0 Å². The standard InChI is InChI=1S/C13H15ClN2O2/c1-3-9(2)17-11-6-4-5-10(7-11)13-16-15-12(8-14)18-13/h4-7,9H,3,8H2,1-2H3. The van der Waals surface area contributed by atoms with E-state index in [9.17, 15) is 0 Å². The lowest BCUT2D eigenvalue weighted by Gasteiger charge is -2.12. The van der Waals surface area contributed by atoms with Gasteiger partial charge in [-0.25, -0.2) is 0 Å². The van der Waals surface area contributed by atoms with Crippen molar-refractivity contribution in [3.05, 3.63) is 30.2 Å². The molecule has 1 unspecified atom stereocenters. The molecule has 96 valence electrons. The molecule has 0 aliphatic rings. The number of nitrogens with zero attached hydrogens (tertiary/aromatic N) is 2. The van der Waals surface area contributed by atoms with Crippen LogP contribution in [0.1, 0.15) is 26.2 Å². The Morgan fingerprint density at radius 2 is 2.22 bits per heavy atom. The van der Waals surface area contributed by atoms with Gasteiger partial charge in [-0.15, -0.1) is 21.8 Å². The number of hydrogen-bond donors (Lipinski definition) is 0. The Balaban J connectivity index is 2.21. The zero-order valence-corrected chi connectivity index (χ0v) is 11.1. The third kappa shape index (κ3) is 3.01. The van der Waals surface area contributed by atoms with E-state index in [0.717, 1.165) is 17.7 Å². The Bertz CT molecular complexity index is 513. The van der Waals surface area contributed by atoms with Crippen LogP contribution >= 0.6 is 11.6 Å². The van der Waals surface area contributed by atoms with Crippen molar-refractivity contribution >= 4 is 11.6 Å². The molecule has 0 saturated heterocycles. The number of aromatic nitrogens is 2.